The lowest BCUT2D eigenvalue weighted by atomic mass is 9.47. The van der Waals surface area contributed by atoms with Gasteiger partial charge in [0.15, 0.2) is 0 Å². The lowest BCUT2D eigenvalue weighted by Crippen LogP contribution is -2.52. The van der Waals surface area contributed by atoms with Gasteiger partial charge in [0, 0.05) is 0 Å². The Morgan fingerprint density at radius 2 is 2.00 bits per heavy atom. The zero-order valence-electron chi connectivity index (χ0n) is 13.2. The summed E-state index contributed by atoms with van der Waals surface area (Å²) in [6.45, 7) is 11.4. The summed E-state index contributed by atoms with van der Waals surface area (Å²) in [4.78, 5) is 0. The van der Waals surface area contributed by atoms with Crippen LogP contribution in [0.2, 0.25) is 0 Å². The average molecular weight is 300 g/mol. The molecule has 0 heterocycles. The van der Waals surface area contributed by atoms with Crippen LogP contribution in [0.5, 0.6) is 0 Å². The predicted octanol–water partition coefficient (Wildman–Crippen LogP) is 3.76. The topological polar surface area (TPSA) is 43.4 Å². The van der Waals surface area contributed by atoms with E-state index in [0.717, 1.165) is 25.5 Å². The quantitative estimate of drug-likeness (QED) is 0.589. The van der Waals surface area contributed by atoms with Crippen LogP contribution in [0.1, 0.15) is 52.9 Å². The van der Waals surface area contributed by atoms with Crippen molar-refractivity contribution < 1.29 is 12.6 Å². The Bertz CT molecular complexity index is 496. The monoisotopic (exact) mass is 300 g/mol. The molecule has 2 saturated carbocycles. The van der Waals surface area contributed by atoms with Crippen LogP contribution in [0.15, 0.2) is 12.2 Å². The van der Waals surface area contributed by atoms with E-state index in [0.29, 0.717) is 18.4 Å². The van der Waals surface area contributed by atoms with Crippen LogP contribution in [-0.4, -0.2) is 21.3 Å². The van der Waals surface area contributed by atoms with Gasteiger partial charge in [0.05, 0.1) is 12.9 Å². The van der Waals surface area contributed by atoms with E-state index >= 15 is 0 Å². The highest BCUT2D eigenvalue weighted by molar-refractivity contribution is 7.85. The molecule has 20 heavy (non-hydrogen) atoms. The molecule has 0 aliphatic heterocycles. The molecular formula is C16H28O3S. The zero-order chi connectivity index (χ0) is 15.2. The van der Waals surface area contributed by atoms with Gasteiger partial charge in [-0.05, 0) is 54.8 Å². The maximum Gasteiger partial charge on any atom is 0.264 e. The zero-order valence-corrected chi connectivity index (χ0v) is 14.1. The van der Waals surface area contributed by atoms with Gasteiger partial charge in [-0.1, -0.05) is 32.9 Å². The minimum Gasteiger partial charge on any atom is -0.270 e. The van der Waals surface area contributed by atoms with Crippen LogP contribution >= 0.6 is 0 Å². The second kappa shape index (κ2) is 5.13. The van der Waals surface area contributed by atoms with E-state index in [1.54, 1.807) is 0 Å². The highest BCUT2D eigenvalue weighted by Crippen LogP contribution is 2.61. The molecule has 116 valence electrons. The van der Waals surface area contributed by atoms with E-state index in [-0.39, 0.29) is 10.8 Å². The van der Waals surface area contributed by atoms with Crippen molar-refractivity contribution in [3.05, 3.63) is 12.2 Å². The molecule has 2 aliphatic carbocycles. The molecule has 0 bridgehead atoms. The summed E-state index contributed by atoms with van der Waals surface area (Å²) in [6, 6.07) is 0. The van der Waals surface area contributed by atoms with Crippen molar-refractivity contribution in [2.75, 3.05) is 12.9 Å². The summed E-state index contributed by atoms with van der Waals surface area (Å²) < 4.78 is 28.0. The smallest absolute Gasteiger partial charge is 0.264 e. The van der Waals surface area contributed by atoms with Crippen molar-refractivity contribution in [1.29, 1.82) is 0 Å². The molecule has 4 heteroatoms. The molecule has 0 saturated heterocycles. The largest absolute Gasteiger partial charge is 0.270 e. The summed E-state index contributed by atoms with van der Waals surface area (Å²) in [7, 11) is -3.38. The maximum atomic E-state index is 11.4. The van der Waals surface area contributed by atoms with E-state index in [9.17, 15) is 8.42 Å². The van der Waals surface area contributed by atoms with E-state index in [2.05, 4.69) is 27.4 Å². The van der Waals surface area contributed by atoms with Gasteiger partial charge >= 0.3 is 0 Å². The summed E-state index contributed by atoms with van der Waals surface area (Å²) in [5.74, 6) is 0.954. The molecule has 3 nitrogen and oxygen atoms in total. The number of hydrogen-bond donors (Lipinski definition) is 0. The molecule has 2 aliphatic rings. The highest BCUT2D eigenvalue weighted by Gasteiger charge is 2.54. The van der Waals surface area contributed by atoms with Crippen molar-refractivity contribution in [3.8, 4) is 0 Å². The van der Waals surface area contributed by atoms with Crippen molar-refractivity contribution >= 4 is 10.1 Å². The lowest BCUT2D eigenvalue weighted by Gasteiger charge is -2.58. The van der Waals surface area contributed by atoms with Crippen LogP contribution in [0.25, 0.3) is 0 Å². The SMILES string of the molecule is C=C1CCC[C@@H]2[C@@](C)(COS(C)(=O)=O)[C@H](C)CC[C@]12C. The molecule has 0 aromatic carbocycles. The third kappa shape index (κ3) is 2.69. The van der Waals surface area contributed by atoms with Gasteiger partial charge in [-0.2, -0.15) is 8.42 Å². The Morgan fingerprint density at radius 3 is 2.60 bits per heavy atom. The average Bonchev–Trinajstić information content (AvgIpc) is 2.34. The fourth-order valence-corrected chi connectivity index (χ4v) is 4.91. The van der Waals surface area contributed by atoms with Crippen LogP contribution in [0.4, 0.5) is 0 Å². The predicted molar refractivity (Wildman–Crippen MR) is 81.9 cm³/mol. The number of allylic oxidation sites excluding steroid dienone is 1. The van der Waals surface area contributed by atoms with Gasteiger partial charge in [0.25, 0.3) is 10.1 Å². The standard InChI is InChI=1S/C16H28O3S/c1-12-7-6-8-14-15(12,3)10-9-13(2)16(14,4)11-19-20(5,17)18/h13-14H,1,6-11H2,2-5H3/t13-,14+,15-,16+/m1/s1. The number of rotatable bonds is 3. The van der Waals surface area contributed by atoms with Gasteiger partial charge in [-0.3, -0.25) is 4.18 Å². The van der Waals surface area contributed by atoms with Crippen molar-refractivity contribution in [1.82, 2.24) is 0 Å². The fourth-order valence-electron chi connectivity index (χ4n) is 4.44. The Kier molecular flexibility index (Phi) is 4.11. The molecule has 0 amide bonds. The van der Waals surface area contributed by atoms with Crippen molar-refractivity contribution in [3.63, 3.8) is 0 Å². The molecule has 0 spiro atoms. The second-order valence-corrected chi connectivity index (χ2v) is 9.02. The first-order chi connectivity index (χ1) is 9.09. The lowest BCUT2D eigenvalue weighted by molar-refractivity contribution is -0.0728. The van der Waals surface area contributed by atoms with Gasteiger partial charge in [-0.15, -0.1) is 0 Å². The van der Waals surface area contributed by atoms with E-state index in [4.69, 9.17) is 4.18 Å². The fraction of sp³-hybridized carbons (Fsp3) is 0.875. The minimum absolute atomic E-state index is 0.0839. The highest BCUT2D eigenvalue weighted by atomic mass is 32.2. The van der Waals surface area contributed by atoms with Gasteiger partial charge < -0.3 is 0 Å². The van der Waals surface area contributed by atoms with Crippen molar-refractivity contribution in [2.45, 2.75) is 52.9 Å². The molecule has 0 aromatic rings. The first-order valence-corrected chi connectivity index (χ1v) is 9.44. The Hall–Kier alpha value is -0.350. The van der Waals surface area contributed by atoms with E-state index in [1.807, 2.05) is 0 Å². The first-order valence-electron chi connectivity index (χ1n) is 7.62. The number of fused-ring (bicyclic) bond motifs is 1. The molecule has 0 aromatic heterocycles. The Balaban J connectivity index is 2.30. The maximum absolute atomic E-state index is 11.4. The summed E-state index contributed by atoms with van der Waals surface area (Å²) in [5.41, 5.74) is 1.42. The van der Waals surface area contributed by atoms with Gasteiger partial charge in [-0.25, -0.2) is 0 Å². The van der Waals surface area contributed by atoms with E-state index in [1.165, 1.54) is 18.4 Å². The van der Waals surface area contributed by atoms with Crippen molar-refractivity contribution in [2.24, 2.45) is 22.7 Å². The number of hydrogen-bond acceptors (Lipinski definition) is 3. The summed E-state index contributed by atoms with van der Waals surface area (Å²) in [5, 5.41) is 0. The van der Waals surface area contributed by atoms with Crippen LogP contribution in [0, 0.1) is 22.7 Å². The summed E-state index contributed by atoms with van der Waals surface area (Å²) >= 11 is 0. The molecule has 0 N–H and O–H groups in total. The first kappa shape index (κ1) is 16.0. The molecule has 0 unspecified atom stereocenters. The van der Waals surface area contributed by atoms with E-state index < -0.39 is 10.1 Å². The Morgan fingerprint density at radius 1 is 1.35 bits per heavy atom. The Labute approximate surface area is 123 Å². The molecule has 2 fully saturated rings. The summed E-state index contributed by atoms with van der Waals surface area (Å²) in [6.07, 6.45) is 6.87. The van der Waals surface area contributed by atoms with Crippen LogP contribution < -0.4 is 0 Å². The third-order valence-electron chi connectivity index (χ3n) is 6.15. The third-order valence-corrected chi connectivity index (χ3v) is 6.70. The molecular weight excluding hydrogens is 272 g/mol. The van der Waals surface area contributed by atoms with Crippen LogP contribution in [-0.2, 0) is 14.3 Å². The molecule has 2 rings (SSSR count). The van der Waals surface area contributed by atoms with Gasteiger partial charge in [0.2, 0.25) is 0 Å². The van der Waals surface area contributed by atoms with Crippen LogP contribution in [0.3, 0.4) is 0 Å². The second-order valence-electron chi connectivity index (χ2n) is 7.38. The molecule has 4 atom stereocenters. The minimum atomic E-state index is -3.38. The van der Waals surface area contributed by atoms with Gasteiger partial charge in [0.1, 0.15) is 0 Å². The molecule has 0 radical (unpaired) electrons. The normalized spacial score (nSPS) is 42.3.